The van der Waals surface area contributed by atoms with Gasteiger partial charge in [0.2, 0.25) is 0 Å². The first-order valence-corrected chi connectivity index (χ1v) is 9.74. The molecule has 0 bridgehead atoms. The second-order valence-electron chi connectivity index (χ2n) is 6.45. The first-order chi connectivity index (χ1) is 13.1. The number of hydrogen-bond acceptors (Lipinski definition) is 4. The number of benzene rings is 1. The van der Waals surface area contributed by atoms with Gasteiger partial charge in [-0.25, -0.2) is 9.67 Å². The molecule has 27 heavy (non-hydrogen) atoms. The van der Waals surface area contributed by atoms with E-state index in [2.05, 4.69) is 10.4 Å². The molecule has 1 amide bonds. The Morgan fingerprint density at radius 1 is 1.19 bits per heavy atom. The minimum Gasteiger partial charge on any atom is -0.321 e. The van der Waals surface area contributed by atoms with E-state index in [4.69, 9.17) is 4.98 Å². The summed E-state index contributed by atoms with van der Waals surface area (Å²) in [7, 11) is 0. The highest BCUT2D eigenvalue weighted by molar-refractivity contribution is 7.13. The van der Waals surface area contributed by atoms with E-state index in [9.17, 15) is 4.79 Å². The quantitative estimate of drug-likeness (QED) is 0.542. The predicted molar refractivity (Wildman–Crippen MR) is 110 cm³/mol. The van der Waals surface area contributed by atoms with Crippen LogP contribution in [0.2, 0.25) is 0 Å². The van der Waals surface area contributed by atoms with Gasteiger partial charge in [0.1, 0.15) is 0 Å². The number of rotatable bonds is 4. The summed E-state index contributed by atoms with van der Waals surface area (Å²) in [6, 6.07) is 11.8. The van der Waals surface area contributed by atoms with E-state index in [1.165, 1.54) is 0 Å². The van der Waals surface area contributed by atoms with Crippen LogP contribution in [0.4, 0.5) is 5.69 Å². The van der Waals surface area contributed by atoms with Crippen molar-refractivity contribution in [2.45, 2.75) is 27.3 Å². The summed E-state index contributed by atoms with van der Waals surface area (Å²) in [5.41, 5.74) is 5.04. The minimum absolute atomic E-state index is 0.145. The molecule has 0 unspecified atom stereocenters. The number of thiophene rings is 1. The SMILES string of the molecule is CCn1ncc2c(C(=O)Nc3c(C)cccc3C)cc(-c3cccs3)nc21. The Hall–Kier alpha value is -2.99. The van der Waals surface area contributed by atoms with Crippen LogP contribution in [0.1, 0.15) is 28.4 Å². The Morgan fingerprint density at radius 2 is 1.96 bits per heavy atom. The third-order valence-electron chi connectivity index (χ3n) is 4.65. The highest BCUT2D eigenvalue weighted by Gasteiger charge is 2.18. The normalized spacial score (nSPS) is 11.1. The number of para-hydroxylation sites is 1. The van der Waals surface area contributed by atoms with Crippen molar-refractivity contribution in [1.82, 2.24) is 14.8 Å². The number of nitrogens with one attached hydrogen (secondary N) is 1. The Kier molecular flexibility index (Phi) is 4.49. The van der Waals surface area contributed by atoms with Crippen molar-refractivity contribution in [3.05, 3.63) is 64.7 Å². The van der Waals surface area contributed by atoms with E-state index in [1.807, 2.05) is 67.2 Å². The van der Waals surface area contributed by atoms with Crippen molar-refractivity contribution >= 4 is 34.0 Å². The topological polar surface area (TPSA) is 59.8 Å². The molecule has 0 aliphatic rings. The Labute approximate surface area is 161 Å². The fraction of sp³-hybridized carbons (Fsp3) is 0.190. The highest BCUT2D eigenvalue weighted by Crippen LogP contribution is 2.29. The molecule has 4 aromatic rings. The van der Waals surface area contributed by atoms with Gasteiger partial charge in [-0.2, -0.15) is 5.10 Å². The molecule has 0 atom stereocenters. The number of aromatic nitrogens is 3. The third kappa shape index (κ3) is 3.13. The van der Waals surface area contributed by atoms with Gasteiger partial charge in [0, 0.05) is 12.2 Å². The lowest BCUT2D eigenvalue weighted by Gasteiger charge is -2.12. The van der Waals surface area contributed by atoms with Gasteiger partial charge in [-0.1, -0.05) is 24.3 Å². The molecular weight excluding hydrogens is 356 g/mol. The molecule has 0 aliphatic carbocycles. The summed E-state index contributed by atoms with van der Waals surface area (Å²) < 4.78 is 1.82. The standard InChI is InChI=1S/C21H20N4OS/c1-4-25-20-16(12-22-25)15(11-17(23-20)18-9-6-10-27-18)21(26)24-19-13(2)7-5-8-14(19)3/h5-12H,4H2,1-3H3,(H,24,26). The maximum Gasteiger partial charge on any atom is 0.256 e. The van der Waals surface area contributed by atoms with Crippen molar-refractivity contribution in [1.29, 1.82) is 0 Å². The molecule has 0 radical (unpaired) electrons. The van der Waals surface area contributed by atoms with Crippen LogP contribution in [0.15, 0.2) is 48.0 Å². The zero-order valence-corrected chi connectivity index (χ0v) is 16.3. The van der Waals surface area contributed by atoms with Gasteiger partial charge in [-0.05, 0) is 49.4 Å². The summed E-state index contributed by atoms with van der Waals surface area (Å²) in [4.78, 5) is 19.0. The number of carbonyl (C=O) groups is 1. The number of pyridine rings is 1. The number of hydrogen-bond donors (Lipinski definition) is 1. The average molecular weight is 376 g/mol. The molecule has 0 saturated carbocycles. The van der Waals surface area contributed by atoms with Gasteiger partial charge in [0.05, 0.1) is 27.7 Å². The van der Waals surface area contributed by atoms with Crippen LogP contribution >= 0.6 is 11.3 Å². The monoisotopic (exact) mass is 376 g/mol. The molecule has 1 N–H and O–H groups in total. The lowest BCUT2D eigenvalue weighted by Crippen LogP contribution is -2.15. The van der Waals surface area contributed by atoms with Crippen LogP contribution in [-0.2, 0) is 6.54 Å². The summed E-state index contributed by atoms with van der Waals surface area (Å²) in [5.74, 6) is -0.145. The van der Waals surface area contributed by atoms with Crippen molar-refractivity contribution < 1.29 is 4.79 Å². The molecule has 3 heterocycles. The second kappa shape index (κ2) is 6.96. The van der Waals surface area contributed by atoms with E-state index in [0.717, 1.165) is 38.4 Å². The van der Waals surface area contributed by atoms with E-state index < -0.39 is 0 Å². The van der Waals surface area contributed by atoms with E-state index in [-0.39, 0.29) is 5.91 Å². The van der Waals surface area contributed by atoms with Crippen LogP contribution < -0.4 is 5.32 Å². The largest absolute Gasteiger partial charge is 0.321 e. The zero-order chi connectivity index (χ0) is 19.0. The Balaban J connectivity index is 1.85. The van der Waals surface area contributed by atoms with Gasteiger partial charge in [-0.15, -0.1) is 11.3 Å². The number of fused-ring (bicyclic) bond motifs is 1. The second-order valence-corrected chi connectivity index (χ2v) is 7.40. The zero-order valence-electron chi connectivity index (χ0n) is 15.5. The Morgan fingerprint density at radius 3 is 2.63 bits per heavy atom. The first kappa shape index (κ1) is 17.4. The number of carbonyl (C=O) groups excluding carboxylic acids is 1. The molecule has 4 rings (SSSR count). The van der Waals surface area contributed by atoms with Crippen LogP contribution in [0.3, 0.4) is 0 Å². The average Bonchev–Trinajstić information content (AvgIpc) is 3.33. The minimum atomic E-state index is -0.145. The summed E-state index contributed by atoms with van der Waals surface area (Å²) in [5, 5.41) is 10.3. The van der Waals surface area contributed by atoms with E-state index in [1.54, 1.807) is 17.5 Å². The Bertz CT molecular complexity index is 1110. The lowest BCUT2D eigenvalue weighted by atomic mass is 10.1. The fourth-order valence-corrected chi connectivity index (χ4v) is 3.90. The number of anilines is 1. The molecule has 136 valence electrons. The summed E-state index contributed by atoms with van der Waals surface area (Å²) >= 11 is 1.61. The maximum absolute atomic E-state index is 13.2. The fourth-order valence-electron chi connectivity index (χ4n) is 3.21. The van der Waals surface area contributed by atoms with Crippen LogP contribution in [0.25, 0.3) is 21.6 Å². The summed E-state index contributed by atoms with van der Waals surface area (Å²) in [6.07, 6.45) is 1.73. The van der Waals surface area contributed by atoms with Crippen LogP contribution in [0.5, 0.6) is 0 Å². The predicted octanol–water partition coefficient (Wildman–Crippen LogP) is 5.05. The molecule has 5 nitrogen and oxygen atoms in total. The highest BCUT2D eigenvalue weighted by atomic mass is 32.1. The van der Waals surface area contributed by atoms with Gasteiger partial charge >= 0.3 is 0 Å². The van der Waals surface area contributed by atoms with Gasteiger partial charge < -0.3 is 5.32 Å². The molecule has 3 aromatic heterocycles. The van der Waals surface area contributed by atoms with Crippen molar-refractivity contribution in [2.75, 3.05) is 5.32 Å². The number of amides is 1. The molecular formula is C21H20N4OS. The maximum atomic E-state index is 13.2. The molecule has 0 aliphatic heterocycles. The lowest BCUT2D eigenvalue weighted by molar-refractivity contribution is 0.102. The first-order valence-electron chi connectivity index (χ1n) is 8.86. The van der Waals surface area contributed by atoms with Crippen LogP contribution in [0, 0.1) is 13.8 Å². The number of nitrogens with zero attached hydrogens (tertiary/aromatic N) is 3. The van der Waals surface area contributed by atoms with Crippen molar-refractivity contribution in [3.8, 4) is 10.6 Å². The van der Waals surface area contributed by atoms with Gasteiger partial charge in [-0.3, -0.25) is 4.79 Å². The molecule has 0 spiro atoms. The third-order valence-corrected chi connectivity index (χ3v) is 5.54. The molecule has 6 heteroatoms. The van der Waals surface area contributed by atoms with E-state index >= 15 is 0 Å². The summed E-state index contributed by atoms with van der Waals surface area (Å²) in [6.45, 7) is 6.71. The molecule has 1 aromatic carbocycles. The van der Waals surface area contributed by atoms with Gasteiger partial charge in [0.15, 0.2) is 5.65 Å². The smallest absolute Gasteiger partial charge is 0.256 e. The van der Waals surface area contributed by atoms with Gasteiger partial charge in [0.25, 0.3) is 5.91 Å². The van der Waals surface area contributed by atoms with E-state index in [0.29, 0.717) is 12.1 Å². The molecule has 0 fully saturated rings. The van der Waals surface area contributed by atoms with Crippen molar-refractivity contribution in [2.24, 2.45) is 0 Å². The number of aryl methyl sites for hydroxylation is 3. The van der Waals surface area contributed by atoms with Crippen molar-refractivity contribution in [3.63, 3.8) is 0 Å². The molecule has 0 saturated heterocycles. The van der Waals surface area contributed by atoms with Crippen LogP contribution in [-0.4, -0.2) is 20.7 Å².